The highest BCUT2D eigenvalue weighted by molar-refractivity contribution is 7.92. The van der Waals surface area contributed by atoms with Gasteiger partial charge in [0.05, 0.1) is 11.0 Å². The van der Waals surface area contributed by atoms with Gasteiger partial charge in [-0.1, -0.05) is 38.5 Å². The van der Waals surface area contributed by atoms with Gasteiger partial charge in [-0.2, -0.15) is 0 Å². The summed E-state index contributed by atoms with van der Waals surface area (Å²) >= 11 is 0. The normalized spacial score (nSPS) is 31.1. The van der Waals surface area contributed by atoms with Crippen LogP contribution in [0.25, 0.3) is 0 Å². The zero-order chi connectivity index (χ0) is 13.0. The Hall–Kier alpha value is -0.0900. The SMILES string of the molecule is NC(CCC1CCCCC1)C1CCCCS1(=O)=O. The summed E-state index contributed by atoms with van der Waals surface area (Å²) < 4.78 is 24.0. The highest BCUT2D eigenvalue weighted by Gasteiger charge is 2.33. The van der Waals surface area contributed by atoms with E-state index in [1.165, 1.54) is 32.1 Å². The van der Waals surface area contributed by atoms with Crippen LogP contribution in [0.15, 0.2) is 0 Å². The maximum Gasteiger partial charge on any atom is 0.154 e. The van der Waals surface area contributed by atoms with E-state index in [2.05, 4.69) is 0 Å². The minimum absolute atomic E-state index is 0.128. The minimum Gasteiger partial charge on any atom is -0.327 e. The van der Waals surface area contributed by atoms with E-state index in [-0.39, 0.29) is 11.3 Å². The lowest BCUT2D eigenvalue weighted by Crippen LogP contribution is -2.43. The smallest absolute Gasteiger partial charge is 0.154 e. The van der Waals surface area contributed by atoms with Crippen molar-refractivity contribution in [3.8, 4) is 0 Å². The minimum atomic E-state index is -2.90. The molecule has 1 aliphatic carbocycles. The Balaban J connectivity index is 1.81. The van der Waals surface area contributed by atoms with Gasteiger partial charge in [-0.15, -0.1) is 0 Å². The van der Waals surface area contributed by atoms with Crippen LogP contribution < -0.4 is 5.73 Å². The largest absolute Gasteiger partial charge is 0.327 e. The van der Waals surface area contributed by atoms with E-state index < -0.39 is 9.84 Å². The highest BCUT2D eigenvalue weighted by Crippen LogP contribution is 2.29. The standard InChI is InChI=1S/C14H27NO2S/c15-13(10-9-12-6-2-1-3-7-12)14-8-4-5-11-18(14,16)17/h12-14H,1-11,15H2. The molecule has 2 aliphatic rings. The summed E-state index contributed by atoms with van der Waals surface area (Å²) in [6.45, 7) is 0. The Kier molecular flexibility index (Phi) is 5.07. The van der Waals surface area contributed by atoms with Gasteiger partial charge in [-0.05, 0) is 31.6 Å². The van der Waals surface area contributed by atoms with Gasteiger partial charge in [0.15, 0.2) is 9.84 Å². The van der Waals surface area contributed by atoms with Crippen molar-refractivity contribution in [3.05, 3.63) is 0 Å². The van der Waals surface area contributed by atoms with Crippen LogP contribution in [0.5, 0.6) is 0 Å². The molecule has 1 saturated carbocycles. The summed E-state index contributed by atoms with van der Waals surface area (Å²) in [4.78, 5) is 0. The average Bonchev–Trinajstić information content (AvgIpc) is 2.37. The van der Waals surface area contributed by atoms with Gasteiger partial charge in [0.25, 0.3) is 0 Å². The van der Waals surface area contributed by atoms with Gasteiger partial charge < -0.3 is 5.73 Å². The first-order valence-electron chi connectivity index (χ1n) is 7.57. The zero-order valence-electron chi connectivity index (χ0n) is 11.3. The third-order valence-electron chi connectivity index (χ3n) is 4.74. The van der Waals surface area contributed by atoms with Crippen LogP contribution in [-0.2, 0) is 9.84 Å². The molecular weight excluding hydrogens is 246 g/mol. The van der Waals surface area contributed by atoms with Crippen LogP contribution >= 0.6 is 0 Å². The molecule has 0 aromatic rings. The fourth-order valence-electron chi connectivity index (χ4n) is 3.55. The summed E-state index contributed by atoms with van der Waals surface area (Å²) in [5.41, 5.74) is 6.16. The van der Waals surface area contributed by atoms with Crippen molar-refractivity contribution in [2.45, 2.75) is 75.5 Å². The Bertz CT molecular complexity index is 347. The monoisotopic (exact) mass is 273 g/mol. The molecule has 18 heavy (non-hydrogen) atoms. The van der Waals surface area contributed by atoms with Crippen molar-refractivity contribution in [2.24, 2.45) is 11.7 Å². The van der Waals surface area contributed by atoms with Crippen LogP contribution in [0.2, 0.25) is 0 Å². The molecule has 0 aromatic heterocycles. The third-order valence-corrected chi connectivity index (χ3v) is 7.10. The van der Waals surface area contributed by atoms with Gasteiger partial charge in [0.2, 0.25) is 0 Å². The predicted molar refractivity (Wildman–Crippen MR) is 75.2 cm³/mol. The molecule has 4 heteroatoms. The number of rotatable bonds is 4. The first kappa shape index (κ1) is 14.3. The Morgan fingerprint density at radius 3 is 2.33 bits per heavy atom. The molecule has 2 atom stereocenters. The van der Waals surface area contributed by atoms with Crippen LogP contribution in [0, 0.1) is 5.92 Å². The molecule has 2 N–H and O–H groups in total. The lowest BCUT2D eigenvalue weighted by Gasteiger charge is -2.29. The average molecular weight is 273 g/mol. The number of sulfone groups is 1. The third kappa shape index (κ3) is 3.70. The molecule has 1 aliphatic heterocycles. The fraction of sp³-hybridized carbons (Fsp3) is 1.00. The van der Waals surface area contributed by atoms with Gasteiger partial charge in [-0.3, -0.25) is 0 Å². The van der Waals surface area contributed by atoms with Crippen LogP contribution in [0.4, 0.5) is 0 Å². The second-order valence-electron chi connectivity index (χ2n) is 6.15. The van der Waals surface area contributed by atoms with E-state index >= 15 is 0 Å². The summed E-state index contributed by atoms with van der Waals surface area (Å²) in [6.07, 6.45) is 11.4. The molecule has 0 bridgehead atoms. The molecule has 2 unspecified atom stereocenters. The lowest BCUT2D eigenvalue weighted by molar-refractivity contribution is 0.319. The summed E-state index contributed by atoms with van der Waals surface area (Å²) in [6, 6.07) is -0.128. The van der Waals surface area contributed by atoms with E-state index in [0.29, 0.717) is 5.75 Å². The summed E-state index contributed by atoms with van der Waals surface area (Å²) in [5.74, 6) is 1.16. The number of hydrogen-bond donors (Lipinski definition) is 1. The van der Waals surface area contributed by atoms with Crippen LogP contribution in [0.3, 0.4) is 0 Å². The van der Waals surface area contributed by atoms with Crippen molar-refractivity contribution < 1.29 is 8.42 Å². The Morgan fingerprint density at radius 2 is 1.67 bits per heavy atom. The van der Waals surface area contributed by atoms with Crippen molar-refractivity contribution in [2.75, 3.05) is 5.75 Å². The molecule has 2 fully saturated rings. The quantitative estimate of drug-likeness (QED) is 0.856. The zero-order valence-corrected chi connectivity index (χ0v) is 12.1. The molecule has 0 radical (unpaired) electrons. The van der Waals surface area contributed by atoms with E-state index in [4.69, 9.17) is 5.73 Å². The van der Waals surface area contributed by atoms with Crippen molar-refractivity contribution in [1.29, 1.82) is 0 Å². The molecule has 0 spiro atoms. The topological polar surface area (TPSA) is 60.2 Å². The molecule has 0 aromatic carbocycles. The molecular formula is C14H27NO2S. The van der Waals surface area contributed by atoms with E-state index in [0.717, 1.165) is 38.0 Å². The number of hydrogen-bond acceptors (Lipinski definition) is 3. The summed E-state index contributed by atoms with van der Waals surface area (Å²) in [5, 5.41) is -0.255. The van der Waals surface area contributed by atoms with Crippen LogP contribution in [0.1, 0.15) is 64.2 Å². The van der Waals surface area contributed by atoms with Crippen molar-refractivity contribution in [1.82, 2.24) is 0 Å². The van der Waals surface area contributed by atoms with E-state index in [9.17, 15) is 8.42 Å². The second-order valence-corrected chi connectivity index (χ2v) is 8.49. The second kappa shape index (κ2) is 6.38. The molecule has 3 nitrogen and oxygen atoms in total. The molecule has 1 saturated heterocycles. The molecule has 106 valence electrons. The first-order chi connectivity index (χ1) is 8.59. The first-order valence-corrected chi connectivity index (χ1v) is 9.28. The molecule has 0 amide bonds. The maximum atomic E-state index is 12.0. The van der Waals surface area contributed by atoms with Gasteiger partial charge in [0.1, 0.15) is 0 Å². The number of nitrogens with two attached hydrogens (primary N) is 1. The van der Waals surface area contributed by atoms with E-state index in [1.54, 1.807) is 0 Å². The Morgan fingerprint density at radius 1 is 1.00 bits per heavy atom. The van der Waals surface area contributed by atoms with Gasteiger partial charge in [0, 0.05) is 6.04 Å². The van der Waals surface area contributed by atoms with Gasteiger partial charge >= 0.3 is 0 Å². The fourth-order valence-corrected chi connectivity index (χ4v) is 5.65. The molecule has 1 heterocycles. The van der Waals surface area contributed by atoms with Crippen LogP contribution in [-0.4, -0.2) is 25.5 Å². The highest BCUT2D eigenvalue weighted by atomic mass is 32.2. The lowest BCUT2D eigenvalue weighted by atomic mass is 9.85. The van der Waals surface area contributed by atoms with Crippen molar-refractivity contribution >= 4 is 9.84 Å². The molecule has 2 rings (SSSR count). The Labute approximate surface area is 111 Å². The summed E-state index contributed by atoms with van der Waals surface area (Å²) in [7, 11) is -2.90. The van der Waals surface area contributed by atoms with E-state index in [1.807, 2.05) is 0 Å². The predicted octanol–water partition coefficient (Wildman–Crippen LogP) is 2.64. The van der Waals surface area contributed by atoms with Crippen molar-refractivity contribution in [3.63, 3.8) is 0 Å². The maximum absolute atomic E-state index is 12.0. The van der Waals surface area contributed by atoms with Gasteiger partial charge in [-0.25, -0.2) is 8.42 Å².